The molecule has 3 nitrogen and oxygen atoms in total. The molecule has 1 heterocycles. The second-order valence-electron chi connectivity index (χ2n) is 3.03. The van der Waals surface area contributed by atoms with Crippen LogP contribution in [0.15, 0.2) is 23.8 Å². The van der Waals surface area contributed by atoms with Gasteiger partial charge in [0.05, 0.1) is 7.11 Å². The molecular weight excluding hydrogens is 180 g/mol. The predicted octanol–water partition coefficient (Wildman–Crippen LogP) is 1.67. The Bertz CT molecular complexity index is 394. The lowest BCUT2D eigenvalue weighted by atomic mass is 10.1. The zero-order valence-corrected chi connectivity index (χ0v) is 7.82. The zero-order valence-electron chi connectivity index (χ0n) is 7.82. The Labute approximate surface area is 81.9 Å². The molecule has 1 aliphatic rings. The van der Waals surface area contributed by atoms with E-state index >= 15 is 0 Å². The van der Waals surface area contributed by atoms with Crippen LogP contribution in [0.4, 0.5) is 0 Å². The summed E-state index contributed by atoms with van der Waals surface area (Å²) in [4.78, 5) is 10.5. The van der Waals surface area contributed by atoms with E-state index in [1.807, 2.05) is 24.3 Å². The predicted molar refractivity (Wildman–Crippen MR) is 52.5 cm³/mol. The van der Waals surface area contributed by atoms with Crippen molar-refractivity contribution in [2.75, 3.05) is 13.7 Å². The van der Waals surface area contributed by atoms with E-state index in [-0.39, 0.29) is 0 Å². The smallest absolute Gasteiger partial charge is 0.149 e. The second-order valence-corrected chi connectivity index (χ2v) is 3.03. The Balaban J connectivity index is 2.41. The van der Waals surface area contributed by atoms with Gasteiger partial charge in [0.2, 0.25) is 0 Å². The van der Waals surface area contributed by atoms with E-state index in [0.29, 0.717) is 12.2 Å². The summed E-state index contributed by atoms with van der Waals surface area (Å²) in [5, 5.41) is 0. The minimum absolute atomic E-state index is 0.337. The van der Waals surface area contributed by atoms with Crippen molar-refractivity contribution in [3.63, 3.8) is 0 Å². The van der Waals surface area contributed by atoms with Crippen molar-refractivity contribution < 1.29 is 14.3 Å². The molecule has 0 aromatic heterocycles. The van der Waals surface area contributed by atoms with Crippen LogP contribution >= 0.6 is 0 Å². The molecule has 0 aliphatic carbocycles. The summed E-state index contributed by atoms with van der Waals surface area (Å²) in [5.41, 5.74) is 1.57. The van der Waals surface area contributed by atoms with Gasteiger partial charge in [-0.1, -0.05) is 0 Å². The van der Waals surface area contributed by atoms with Gasteiger partial charge in [0, 0.05) is 17.2 Å². The summed E-state index contributed by atoms with van der Waals surface area (Å²) in [6.45, 7) is 0.337. The van der Waals surface area contributed by atoms with Crippen molar-refractivity contribution in [3.8, 4) is 11.5 Å². The van der Waals surface area contributed by atoms with Gasteiger partial charge >= 0.3 is 0 Å². The number of aldehydes is 1. The molecule has 14 heavy (non-hydrogen) atoms. The highest BCUT2D eigenvalue weighted by Crippen LogP contribution is 2.29. The number of carbonyl (C=O) groups excluding carboxylic acids is 1. The van der Waals surface area contributed by atoms with Gasteiger partial charge in [-0.2, -0.15) is 0 Å². The quantitative estimate of drug-likeness (QED) is 0.665. The maximum Gasteiger partial charge on any atom is 0.149 e. The maximum atomic E-state index is 10.5. The largest absolute Gasteiger partial charge is 0.497 e. The van der Waals surface area contributed by atoms with Crippen molar-refractivity contribution >= 4 is 12.4 Å². The Morgan fingerprint density at radius 1 is 1.50 bits per heavy atom. The molecule has 0 N–H and O–H groups in total. The minimum atomic E-state index is 0.337. The molecule has 0 radical (unpaired) electrons. The first-order valence-electron chi connectivity index (χ1n) is 4.30. The van der Waals surface area contributed by atoms with E-state index in [2.05, 4.69) is 0 Å². The summed E-state index contributed by atoms with van der Waals surface area (Å²) in [5.74, 6) is 1.52. The summed E-state index contributed by atoms with van der Waals surface area (Å²) in [6, 6.07) is 5.52. The Kier molecular flexibility index (Phi) is 2.23. The summed E-state index contributed by atoms with van der Waals surface area (Å²) < 4.78 is 10.5. The zero-order chi connectivity index (χ0) is 9.97. The van der Waals surface area contributed by atoms with Gasteiger partial charge in [-0.05, 0) is 18.2 Å². The highest BCUT2D eigenvalue weighted by molar-refractivity contribution is 5.84. The van der Waals surface area contributed by atoms with Crippen LogP contribution in [0.25, 0.3) is 6.08 Å². The van der Waals surface area contributed by atoms with Crippen molar-refractivity contribution in [2.45, 2.75) is 0 Å². The van der Waals surface area contributed by atoms with Crippen LogP contribution in [0.1, 0.15) is 5.56 Å². The third kappa shape index (κ3) is 1.48. The van der Waals surface area contributed by atoms with Crippen LogP contribution in [0.2, 0.25) is 0 Å². The van der Waals surface area contributed by atoms with Gasteiger partial charge in [-0.3, -0.25) is 4.79 Å². The number of carbonyl (C=O) groups is 1. The number of hydrogen-bond acceptors (Lipinski definition) is 3. The summed E-state index contributed by atoms with van der Waals surface area (Å²) in [7, 11) is 1.61. The van der Waals surface area contributed by atoms with Crippen LogP contribution in [-0.4, -0.2) is 20.0 Å². The highest BCUT2D eigenvalue weighted by atomic mass is 16.5. The molecule has 0 spiro atoms. The molecule has 0 saturated heterocycles. The van der Waals surface area contributed by atoms with Gasteiger partial charge in [0.1, 0.15) is 24.4 Å². The number of rotatable bonds is 2. The SMILES string of the molecule is COc1ccc2c(c1)OCC(C=O)=C2. The molecule has 2 rings (SSSR count). The molecule has 0 saturated carbocycles. The average molecular weight is 190 g/mol. The maximum absolute atomic E-state index is 10.5. The monoisotopic (exact) mass is 190 g/mol. The number of methoxy groups -OCH3 is 1. The molecule has 0 atom stereocenters. The second kappa shape index (κ2) is 3.54. The third-order valence-electron chi connectivity index (χ3n) is 2.11. The molecule has 1 aromatic rings. The van der Waals surface area contributed by atoms with Crippen molar-refractivity contribution in [1.82, 2.24) is 0 Å². The van der Waals surface area contributed by atoms with Crippen molar-refractivity contribution in [3.05, 3.63) is 29.3 Å². The van der Waals surface area contributed by atoms with Crippen molar-refractivity contribution in [1.29, 1.82) is 0 Å². The third-order valence-corrected chi connectivity index (χ3v) is 2.11. The lowest BCUT2D eigenvalue weighted by Gasteiger charge is -2.15. The first kappa shape index (κ1) is 8.81. The molecule has 1 aromatic carbocycles. The fourth-order valence-corrected chi connectivity index (χ4v) is 1.36. The molecule has 0 amide bonds. The fraction of sp³-hybridized carbons (Fsp3) is 0.182. The standard InChI is InChI=1S/C11H10O3/c1-13-10-3-2-9-4-8(6-12)7-14-11(9)5-10/h2-6H,7H2,1H3. The fourth-order valence-electron chi connectivity index (χ4n) is 1.36. The van der Waals surface area contributed by atoms with Crippen LogP contribution < -0.4 is 9.47 Å². The lowest BCUT2D eigenvalue weighted by molar-refractivity contribution is -0.105. The van der Waals surface area contributed by atoms with Crippen LogP contribution in [0, 0.1) is 0 Å². The molecule has 0 unspecified atom stereocenters. The Morgan fingerprint density at radius 2 is 2.36 bits per heavy atom. The first-order chi connectivity index (χ1) is 6.83. The van der Waals surface area contributed by atoms with Crippen LogP contribution in [-0.2, 0) is 4.79 Å². The van der Waals surface area contributed by atoms with Gasteiger partial charge in [0.15, 0.2) is 0 Å². The molecule has 3 heteroatoms. The molecular formula is C11H10O3. The number of ether oxygens (including phenoxy) is 2. The van der Waals surface area contributed by atoms with E-state index in [9.17, 15) is 4.79 Å². The summed E-state index contributed by atoms with van der Waals surface area (Å²) >= 11 is 0. The molecule has 0 bridgehead atoms. The summed E-state index contributed by atoms with van der Waals surface area (Å²) in [6.07, 6.45) is 2.64. The Morgan fingerprint density at radius 3 is 3.07 bits per heavy atom. The van der Waals surface area contributed by atoms with E-state index < -0.39 is 0 Å². The molecule has 0 fully saturated rings. The Hall–Kier alpha value is -1.77. The molecule has 1 aliphatic heterocycles. The number of fused-ring (bicyclic) bond motifs is 1. The van der Waals surface area contributed by atoms with Gasteiger partial charge < -0.3 is 9.47 Å². The number of benzene rings is 1. The van der Waals surface area contributed by atoms with Crippen LogP contribution in [0.3, 0.4) is 0 Å². The van der Waals surface area contributed by atoms with Gasteiger partial charge in [0.25, 0.3) is 0 Å². The molecule has 72 valence electrons. The van der Waals surface area contributed by atoms with E-state index in [0.717, 1.165) is 23.3 Å². The van der Waals surface area contributed by atoms with Gasteiger partial charge in [-0.15, -0.1) is 0 Å². The topological polar surface area (TPSA) is 35.5 Å². The average Bonchev–Trinajstić information content (AvgIpc) is 2.27. The lowest BCUT2D eigenvalue weighted by Crippen LogP contribution is -2.07. The minimum Gasteiger partial charge on any atom is -0.497 e. The normalized spacial score (nSPS) is 13.6. The first-order valence-corrected chi connectivity index (χ1v) is 4.30. The van der Waals surface area contributed by atoms with Gasteiger partial charge in [-0.25, -0.2) is 0 Å². The van der Waals surface area contributed by atoms with Crippen LogP contribution in [0.5, 0.6) is 11.5 Å². The van der Waals surface area contributed by atoms with E-state index in [1.54, 1.807) is 7.11 Å². The number of hydrogen-bond donors (Lipinski definition) is 0. The van der Waals surface area contributed by atoms with Crippen molar-refractivity contribution in [2.24, 2.45) is 0 Å². The van der Waals surface area contributed by atoms with E-state index in [4.69, 9.17) is 9.47 Å². The van der Waals surface area contributed by atoms with E-state index in [1.165, 1.54) is 0 Å². The highest BCUT2D eigenvalue weighted by Gasteiger charge is 2.11.